The molecule has 0 aliphatic heterocycles. The van der Waals surface area contributed by atoms with Crippen molar-refractivity contribution >= 4 is 47.3 Å². The molecule has 0 fully saturated rings. The minimum absolute atomic E-state index is 0.0656. The lowest BCUT2D eigenvalue weighted by Crippen LogP contribution is -1.98. The average molecular weight is 346 g/mol. The Morgan fingerprint density at radius 3 is 2.56 bits per heavy atom. The van der Waals surface area contributed by atoms with E-state index in [2.05, 4.69) is 22.5 Å². The molecule has 0 saturated heterocycles. The normalized spacial score (nSPS) is 11.2. The summed E-state index contributed by atoms with van der Waals surface area (Å²) >= 11 is 8.95. The van der Waals surface area contributed by atoms with Gasteiger partial charge in [-0.3, -0.25) is 0 Å². The second-order valence-corrected chi connectivity index (χ2v) is 6.93. The molecule has 16 heavy (non-hydrogen) atoms. The summed E-state index contributed by atoms with van der Waals surface area (Å²) in [6.07, 6.45) is 0. The van der Waals surface area contributed by atoms with E-state index < -0.39 is 9.05 Å². The quantitative estimate of drug-likeness (QED) is 0.784. The Labute approximate surface area is 112 Å². The average Bonchev–Trinajstić information content (AvgIpc) is 2.14. The highest BCUT2D eigenvalue weighted by Crippen LogP contribution is 2.29. The first-order valence-electron chi connectivity index (χ1n) is 4.01. The van der Waals surface area contributed by atoms with Crippen LogP contribution < -0.4 is 4.74 Å². The van der Waals surface area contributed by atoms with E-state index >= 15 is 0 Å². The predicted molar refractivity (Wildman–Crippen MR) is 68.1 cm³/mol. The number of hydrogen-bond donors (Lipinski definition) is 0. The van der Waals surface area contributed by atoms with Crippen LogP contribution in [0.25, 0.3) is 0 Å². The SMILES string of the molecule is C=C(Br)COc1ccc(S(=O)(=O)Cl)cc1Cl. The van der Waals surface area contributed by atoms with E-state index in [9.17, 15) is 8.42 Å². The van der Waals surface area contributed by atoms with Gasteiger partial charge in [-0.15, -0.1) is 0 Å². The number of halogens is 3. The van der Waals surface area contributed by atoms with Crippen LogP contribution in [0.4, 0.5) is 0 Å². The fourth-order valence-corrected chi connectivity index (χ4v) is 2.10. The van der Waals surface area contributed by atoms with Gasteiger partial charge in [0, 0.05) is 15.2 Å². The maximum absolute atomic E-state index is 11.0. The summed E-state index contributed by atoms with van der Waals surface area (Å²) < 4.78 is 27.9. The third kappa shape index (κ3) is 3.97. The first-order valence-corrected chi connectivity index (χ1v) is 7.49. The second-order valence-electron chi connectivity index (χ2n) is 2.84. The van der Waals surface area contributed by atoms with Crippen molar-refractivity contribution in [1.82, 2.24) is 0 Å². The van der Waals surface area contributed by atoms with Gasteiger partial charge in [0.1, 0.15) is 12.4 Å². The lowest BCUT2D eigenvalue weighted by atomic mass is 10.3. The molecule has 1 rings (SSSR count). The third-order valence-electron chi connectivity index (χ3n) is 1.57. The van der Waals surface area contributed by atoms with E-state index in [0.717, 1.165) is 0 Å². The molecule has 7 heteroatoms. The molecule has 0 unspecified atom stereocenters. The lowest BCUT2D eigenvalue weighted by molar-refractivity contribution is 0.361. The summed E-state index contributed by atoms with van der Waals surface area (Å²) in [6, 6.07) is 3.99. The number of rotatable bonds is 4. The van der Waals surface area contributed by atoms with Crippen LogP contribution in [0.2, 0.25) is 5.02 Å². The van der Waals surface area contributed by atoms with Crippen molar-refractivity contribution < 1.29 is 13.2 Å². The fraction of sp³-hybridized carbons (Fsp3) is 0.111. The Morgan fingerprint density at radius 2 is 2.12 bits per heavy atom. The molecule has 0 spiro atoms. The van der Waals surface area contributed by atoms with Crippen LogP contribution in [0, 0.1) is 0 Å². The van der Waals surface area contributed by atoms with Gasteiger partial charge in [-0.25, -0.2) is 8.42 Å². The summed E-state index contributed by atoms with van der Waals surface area (Å²) in [7, 11) is 1.39. The highest BCUT2D eigenvalue weighted by atomic mass is 79.9. The van der Waals surface area contributed by atoms with Crippen LogP contribution in [0.3, 0.4) is 0 Å². The molecule has 0 saturated carbocycles. The summed E-state index contributed by atoms with van der Waals surface area (Å²) in [5.74, 6) is 0.367. The Balaban J connectivity index is 2.96. The van der Waals surface area contributed by atoms with Gasteiger partial charge in [0.25, 0.3) is 9.05 Å². The zero-order chi connectivity index (χ0) is 12.3. The van der Waals surface area contributed by atoms with Crippen LogP contribution in [0.15, 0.2) is 34.2 Å². The van der Waals surface area contributed by atoms with E-state index in [1.807, 2.05) is 0 Å². The highest BCUT2D eigenvalue weighted by Gasteiger charge is 2.12. The molecule has 3 nitrogen and oxygen atoms in total. The minimum atomic E-state index is -3.77. The van der Waals surface area contributed by atoms with Gasteiger partial charge in [0.2, 0.25) is 0 Å². The van der Waals surface area contributed by atoms with Crippen molar-refractivity contribution in [3.63, 3.8) is 0 Å². The highest BCUT2D eigenvalue weighted by molar-refractivity contribution is 9.11. The maximum atomic E-state index is 11.0. The Morgan fingerprint density at radius 1 is 1.50 bits per heavy atom. The van der Waals surface area contributed by atoms with E-state index in [1.54, 1.807) is 0 Å². The molecule has 0 amide bonds. The molecular formula is C9H7BrCl2O3S. The molecule has 0 aliphatic rings. The maximum Gasteiger partial charge on any atom is 0.261 e. The zero-order valence-corrected chi connectivity index (χ0v) is 11.8. The van der Waals surface area contributed by atoms with Gasteiger partial charge < -0.3 is 4.74 Å². The summed E-state index contributed by atoms with van der Waals surface area (Å²) in [5.41, 5.74) is 0. The van der Waals surface area contributed by atoms with Crippen LogP contribution in [-0.4, -0.2) is 15.0 Å². The molecule has 0 aliphatic carbocycles. The first kappa shape index (κ1) is 13.8. The largest absolute Gasteiger partial charge is 0.487 e. The number of ether oxygens (including phenoxy) is 1. The van der Waals surface area contributed by atoms with Crippen molar-refractivity contribution in [2.45, 2.75) is 4.90 Å². The van der Waals surface area contributed by atoms with Crippen LogP contribution >= 0.6 is 38.2 Å². The fourth-order valence-electron chi connectivity index (χ4n) is 0.906. The van der Waals surface area contributed by atoms with E-state index in [0.29, 0.717) is 10.2 Å². The zero-order valence-electron chi connectivity index (χ0n) is 7.91. The van der Waals surface area contributed by atoms with Crippen LogP contribution in [0.1, 0.15) is 0 Å². The monoisotopic (exact) mass is 344 g/mol. The van der Waals surface area contributed by atoms with Crippen molar-refractivity contribution in [3.8, 4) is 5.75 Å². The molecule has 0 heterocycles. The third-order valence-corrected chi connectivity index (χ3v) is 3.44. The Bertz CT molecular complexity index is 513. The molecule has 0 atom stereocenters. The van der Waals surface area contributed by atoms with Crippen molar-refractivity contribution in [1.29, 1.82) is 0 Å². The van der Waals surface area contributed by atoms with Crippen molar-refractivity contribution in [2.75, 3.05) is 6.61 Å². The molecule has 1 aromatic rings. The number of hydrogen-bond acceptors (Lipinski definition) is 3. The molecule has 0 N–H and O–H groups in total. The molecule has 1 aromatic carbocycles. The number of benzene rings is 1. The molecule has 0 aromatic heterocycles. The standard InChI is InChI=1S/C9H7BrCl2O3S/c1-6(10)5-15-9-3-2-7(4-8(9)11)16(12,13)14/h2-4H,1,5H2. The lowest BCUT2D eigenvalue weighted by Gasteiger charge is -2.07. The topological polar surface area (TPSA) is 43.4 Å². The smallest absolute Gasteiger partial charge is 0.261 e. The molecular weight excluding hydrogens is 339 g/mol. The van der Waals surface area contributed by atoms with Gasteiger partial charge in [0.15, 0.2) is 0 Å². The van der Waals surface area contributed by atoms with Gasteiger partial charge in [0.05, 0.1) is 9.92 Å². The van der Waals surface area contributed by atoms with Gasteiger partial charge >= 0.3 is 0 Å². The van der Waals surface area contributed by atoms with E-state index in [4.69, 9.17) is 27.0 Å². The molecule has 88 valence electrons. The summed E-state index contributed by atoms with van der Waals surface area (Å²) in [4.78, 5) is -0.0656. The Hall–Kier alpha value is -0.230. The Kier molecular flexibility index (Phi) is 4.67. The van der Waals surface area contributed by atoms with Crippen molar-refractivity contribution in [3.05, 3.63) is 34.3 Å². The van der Waals surface area contributed by atoms with Gasteiger partial charge in [-0.2, -0.15) is 0 Å². The van der Waals surface area contributed by atoms with Crippen molar-refractivity contribution in [2.24, 2.45) is 0 Å². The van der Waals surface area contributed by atoms with Gasteiger partial charge in [-0.1, -0.05) is 34.1 Å². The summed E-state index contributed by atoms with van der Waals surface area (Å²) in [5, 5.41) is 0.176. The van der Waals surface area contributed by atoms with Crippen LogP contribution in [0.5, 0.6) is 5.75 Å². The second kappa shape index (κ2) is 5.40. The molecule has 0 bridgehead atoms. The van der Waals surface area contributed by atoms with Gasteiger partial charge in [-0.05, 0) is 18.2 Å². The van der Waals surface area contributed by atoms with Crippen LogP contribution in [-0.2, 0) is 9.05 Å². The molecule has 0 radical (unpaired) electrons. The summed E-state index contributed by atoms with van der Waals surface area (Å²) in [6.45, 7) is 3.83. The predicted octanol–water partition coefficient (Wildman–Crippen LogP) is 3.55. The van der Waals surface area contributed by atoms with E-state index in [1.165, 1.54) is 18.2 Å². The first-order chi connectivity index (χ1) is 7.30. The minimum Gasteiger partial charge on any atom is -0.487 e. The van der Waals surface area contributed by atoms with E-state index in [-0.39, 0.29) is 16.5 Å².